The van der Waals surface area contributed by atoms with Gasteiger partial charge in [-0.05, 0) is 50.3 Å². The Morgan fingerprint density at radius 1 is 1.18 bits per heavy atom. The molecule has 0 bridgehead atoms. The number of benzene rings is 1. The zero-order chi connectivity index (χ0) is 15.9. The van der Waals surface area contributed by atoms with E-state index in [0.717, 1.165) is 24.6 Å². The van der Waals surface area contributed by atoms with Crippen molar-refractivity contribution in [2.45, 2.75) is 37.6 Å². The van der Waals surface area contributed by atoms with Gasteiger partial charge in [-0.3, -0.25) is 4.90 Å². The maximum absolute atomic E-state index is 12.7. The van der Waals surface area contributed by atoms with Crippen molar-refractivity contribution in [3.8, 4) is 0 Å². The minimum Gasteiger partial charge on any atom is -0.298 e. The fourth-order valence-corrected chi connectivity index (χ4v) is 4.81. The Morgan fingerprint density at radius 2 is 1.82 bits per heavy atom. The third-order valence-corrected chi connectivity index (χ3v) is 7.24. The highest BCUT2D eigenvalue weighted by molar-refractivity contribution is 7.89. The predicted octanol–water partition coefficient (Wildman–Crippen LogP) is 2.75. The van der Waals surface area contributed by atoms with Crippen LogP contribution in [0.25, 0.3) is 0 Å². The third-order valence-electron chi connectivity index (χ3n) is 4.93. The zero-order valence-electron chi connectivity index (χ0n) is 13.1. The Morgan fingerprint density at radius 3 is 2.36 bits per heavy atom. The molecule has 0 spiro atoms. The van der Waals surface area contributed by atoms with Crippen LogP contribution in [-0.2, 0) is 10.0 Å². The number of piperazine rings is 1. The van der Waals surface area contributed by atoms with E-state index in [-0.39, 0.29) is 0 Å². The average Bonchev–Trinajstić information content (AvgIpc) is 3.34. The summed E-state index contributed by atoms with van der Waals surface area (Å²) in [4.78, 5) is 2.72. The summed E-state index contributed by atoms with van der Waals surface area (Å²) >= 11 is 6.07. The summed E-state index contributed by atoms with van der Waals surface area (Å²) in [7, 11) is -3.43. The number of rotatable bonds is 4. The second-order valence-corrected chi connectivity index (χ2v) is 8.77. The van der Waals surface area contributed by atoms with E-state index in [1.807, 2.05) is 6.92 Å². The Hall–Kier alpha value is -0.620. The van der Waals surface area contributed by atoms with Crippen LogP contribution in [0.1, 0.15) is 25.3 Å². The summed E-state index contributed by atoms with van der Waals surface area (Å²) in [5.74, 6) is 0.819. The van der Waals surface area contributed by atoms with Crippen molar-refractivity contribution in [3.05, 3.63) is 28.8 Å². The molecule has 6 heteroatoms. The molecule has 4 nitrogen and oxygen atoms in total. The zero-order valence-corrected chi connectivity index (χ0v) is 14.7. The largest absolute Gasteiger partial charge is 0.298 e. The highest BCUT2D eigenvalue weighted by Gasteiger charge is 2.35. The molecule has 0 N–H and O–H groups in total. The molecule has 3 rings (SSSR count). The van der Waals surface area contributed by atoms with Crippen molar-refractivity contribution in [3.63, 3.8) is 0 Å². The van der Waals surface area contributed by atoms with Gasteiger partial charge in [-0.1, -0.05) is 17.7 Å². The van der Waals surface area contributed by atoms with Gasteiger partial charge in [0.1, 0.15) is 0 Å². The molecule has 1 aliphatic carbocycles. The summed E-state index contributed by atoms with van der Waals surface area (Å²) in [5.41, 5.74) is 0.892. The Bertz CT molecular complexity index is 650. The standard InChI is InChI=1S/C16H23ClN2O2S/c1-12-3-6-15(11-16(12)17)22(20,21)19-9-7-18(8-10-19)13(2)14-4-5-14/h3,6,11,13-14H,4-5,7-10H2,1-2H3. The lowest BCUT2D eigenvalue weighted by Gasteiger charge is -2.37. The lowest BCUT2D eigenvalue weighted by Crippen LogP contribution is -2.51. The first-order chi connectivity index (χ1) is 10.4. The molecule has 1 aliphatic heterocycles. The van der Waals surface area contributed by atoms with Crippen molar-refractivity contribution in [1.29, 1.82) is 0 Å². The van der Waals surface area contributed by atoms with Crippen LogP contribution >= 0.6 is 11.6 Å². The molecule has 22 heavy (non-hydrogen) atoms. The SMILES string of the molecule is Cc1ccc(S(=O)(=O)N2CCN(C(C)C3CC3)CC2)cc1Cl. The molecule has 0 radical (unpaired) electrons. The number of nitrogens with zero attached hydrogens (tertiary/aromatic N) is 2. The van der Waals surface area contributed by atoms with Gasteiger partial charge in [-0.15, -0.1) is 0 Å². The molecule has 1 heterocycles. The first-order valence-corrected chi connectivity index (χ1v) is 9.72. The number of hydrogen-bond donors (Lipinski definition) is 0. The molecule has 0 amide bonds. The Balaban J connectivity index is 1.70. The summed E-state index contributed by atoms with van der Waals surface area (Å²) < 4.78 is 27.0. The number of sulfonamides is 1. The summed E-state index contributed by atoms with van der Waals surface area (Å²) in [5, 5.41) is 0.502. The van der Waals surface area contributed by atoms with Gasteiger partial charge in [-0.25, -0.2) is 8.42 Å². The molecule has 2 aliphatic rings. The van der Waals surface area contributed by atoms with E-state index in [9.17, 15) is 8.42 Å². The highest BCUT2D eigenvalue weighted by atomic mass is 35.5. The number of hydrogen-bond acceptors (Lipinski definition) is 3. The van der Waals surface area contributed by atoms with Gasteiger partial charge in [0.05, 0.1) is 4.90 Å². The number of halogens is 1. The van der Waals surface area contributed by atoms with Gasteiger partial charge in [0.25, 0.3) is 0 Å². The summed E-state index contributed by atoms with van der Waals surface area (Å²) in [6, 6.07) is 5.56. The highest BCUT2D eigenvalue weighted by Crippen LogP contribution is 2.35. The predicted molar refractivity (Wildman–Crippen MR) is 88.7 cm³/mol. The van der Waals surface area contributed by atoms with Gasteiger partial charge in [0.2, 0.25) is 10.0 Å². The van der Waals surface area contributed by atoms with Crippen LogP contribution in [0.3, 0.4) is 0 Å². The van der Waals surface area contributed by atoms with Gasteiger partial charge in [-0.2, -0.15) is 4.31 Å². The van der Waals surface area contributed by atoms with E-state index in [4.69, 9.17) is 11.6 Å². The van der Waals surface area contributed by atoms with Crippen LogP contribution in [0.5, 0.6) is 0 Å². The van der Waals surface area contributed by atoms with E-state index in [1.165, 1.54) is 12.8 Å². The van der Waals surface area contributed by atoms with Crippen LogP contribution < -0.4 is 0 Å². The molecule has 1 aromatic rings. The molecular formula is C16H23ClN2O2S. The van der Waals surface area contributed by atoms with Gasteiger partial charge in [0, 0.05) is 37.2 Å². The topological polar surface area (TPSA) is 40.6 Å². The van der Waals surface area contributed by atoms with Crippen molar-refractivity contribution in [2.24, 2.45) is 5.92 Å². The maximum Gasteiger partial charge on any atom is 0.243 e. The minimum atomic E-state index is -3.43. The Labute approximate surface area is 138 Å². The fourth-order valence-electron chi connectivity index (χ4n) is 3.11. The first-order valence-electron chi connectivity index (χ1n) is 7.90. The van der Waals surface area contributed by atoms with E-state index in [2.05, 4.69) is 11.8 Å². The molecule has 1 saturated carbocycles. The van der Waals surface area contributed by atoms with Gasteiger partial charge >= 0.3 is 0 Å². The second-order valence-electron chi connectivity index (χ2n) is 6.43. The van der Waals surface area contributed by atoms with Crippen molar-refractivity contribution in [1.82, 2.24) is 9.21 Å². The van der Waals surface area contributed by atoms with Gasteiger partial charge in [0.15, 0.2) is 0 Å². The molecule has 2 fully saturated rings. The lowest BCUT2D eigenvalue weighted by molar-refractivity contribution is 0.133. The second kappa shape index (κ2) is 6.11. The Kier molecular flexibility index (Phi) is 4.52. The molecule has 1 unspecified atom stereocenters. The summed E-state index contributed by atoms with van der Waals surface area (Å²) in [6.07, 6.45) is 2.64. The third kappa shape index (κ3) is 3.18. The van der Waals surface area contributed by atoms with Crippen LogP contribution in [0.2, 0.25) is 5.02 Å². The quantitative estimate of drug-likeness (QED) is 0.844. The molecule has 1 saturated heterocycles. The lowest BCUT2D eigenvalue weighted by atomic mass is 10.1. The molecular weight excluding hydrogens is 320 g/mol. The minimum absolute atomic E-state index is 0.298. The van der Waals surface area contributed by atoms with Crippen LogP contribution in [-0.4, -0.2) is 49.8 Å². The van der Waals surface area contributed by atoms with Crippen molar-refractivity contribution >= 4 is 21.6 Å². The average molecular weight is 343 g/mol. The fraction of sp³-hybridized carbons (Fsp3) is 0.625. The van der Waals surface area contributed by atoms with E-state index >= 15 is 0 Å². The summed E-state index contributed by atoms with van der Waals surface area (Å²) in [6.45, 7) is 6.89. The monoisotopic (exact) mass is 342 g/mol. The molecule has 1 atom stereocenters. The normalized spacial score (nSPS) is 22.7. The van der Waals surface area contributed by atoms with E-state index in [0.29, 0.717) is 29.0 Å². The van der Waals surface area contributed by atoms with E-state index in [1.54, 1.807) is 22.5 Å². The van der Waals surface area contributed by atoms with Crippen molar-refractivity contribution in [2.75, 3.05) is 26.2 Å². The van der Waals surface area contributed by atoms with Crippen molar-refractivity contribution < 1.29 is 8.42 Å². The van der Waals surface area contributed by atoms with Gasteiger partial charge < -0.3 is 0 Å². The molecule has 1 aromatic carbocycles. The van der Waals surface area contributed by atoms with Crippen LogP contribution in [0.15, 0.2) is 23.1 Å². The molecule has 0 aromatic heterocycles. The number of aryl methyl sites for hydroxylation is 1. The van der Waals surface area contributed by atoms with Crippen LogP contribution in [0, 0.1) is 12.8 Å². The maximum atomic E-state index is 12.7. The van der Waals surface area contributed by atoms with Crippen LogP contribution in [0.4, 0.5) is 0 Å². The molecule has 122 valence electrons. The van der Waals surface area contributed by atoms with E-state index < -0.39 is 10.0 Å². The smallest absolute Gasteiger partial charge is 0.243 e. The first kappa shape index (κ1) is 16.2.